The van der Waals surface area contributed by atoms with Crippen molar-refractivity contribution in [3.63, 3.8) is 0 Å². The highest BCUT2D eigenvalue weighted by Crippen LogP contribution is 2.22. The molecule has 0 aromatic heterocycles. The molecule has 0 heterocycles. The van der Waals surface area contributed by atoms with E-state index in [2.05, 4.69) is 18.6 Å². The summed E-state index contributed by atoms with van der Waals surface area (Å²) in [6, 6.07) is 3.68. The van der Waals surface area contributed by atoms with Gasteiger partial charge in [0.2, 0.25) is 10.0 Å². The van der Waals surface area contributed by atoms with Gasteiger partial charge in [-0.2, -0.15) is 0 Å². The van der Waals surface area contributed by atoms with Crippen molar-refractivity contribution < 1.29 is 16.8 Å². The number of sulfone groups is 1. The predicted octanol–water partition coefficient (Wildman–Crippen LogP) is 1.39. The lowest BCUT2D eigenvalue weighted by Crippen LogP contribution is -2.26. The third kappa shape index (κ3) is 5.29. The van der Waals surface area contributed by atoms with Crippen LogP contribution in [-0.2, 0) is 19.9 Å². The van der Waals surface area contributed by atoms with Gasteiger partial charge in [0.1, 0.15) is 4.90 Å². The molecule has 1 rings (SSSR count). The number of hydrogen-bond donors (Lipinski definition) is 2. The molecule has 0 aliphatic carbocycles. The van der Waals surface area contributed by atoms with Gasteiger partial charge in [0.15, 0.2) is 9.84 Å². The molecule has 0 bridgehead atoms. The number of nitrogens with two attached hydrogens (primary N) is 1. The van der Waals surface area contributed by atoms with Crippen molar-refractivity contribution in [1.29, 1.82) is 0 Å². The Balaban J connectivity index is 2.98. The summed E-state index contributed by atoms with van der Waals surface area (Å²) in [5.41, 5.74) is 5.68. The van der Waals surface area contributed by atoms with Crippen LogP contribution < -0.4 is 10.5 Å². The maximum atomic E-state index is 12.2. The van der Waals surface area contributed by atoms with Crippen molar-refractivity contribution in [1.82, 2.24) is 4.72 Å². The van der Waals surface area contributed by atoms with Gasteiger partial charge in [-0.3, -0.25) is 0 Å². The lowest BCUT2D eigenvalue weighted by atomic mass is 10.1. The molecule has 0 atom stereocenters. The van der Waals surface area contributed by atoms with Crippen LogP contribution in [0.4, 0.5) is 5.69 Å². The van der Waals surface area contributed by atoms with Crippen LogP contribution in [0.25, 0.3) is 0 Å². The van der Waals surface area contributed by atoms with Gasteiger partial charge in [0.05, 0.1) is 10.6 Å². The molecule has 0 radical (unpaired) electrons. The first-order valence-electron chi connectivity index (χ1n) is 6.63. The fourth-order valence-corrected chi connectivity index (χ4v) is 3.72. The molecule has 120 valence electrons. The lowest BCUT2D eigenvalue weighted by molar-refractivity contribution is 0.540. The molecule has 0 amide bonds. The molecular weight excluding hydrogens is 312 g/mol. The zero-order valence-electron chi connectivity index (χ0n) is 12.5. The third-order valence-corrected chi connectivity index (χ3v) is 5.58. The Labute approximate surface area is 126 Å². The maximum absolute atomic E-state index is 12.2. The van der Waals surface area contributed by atoms with Gasteiger partial charge in [-0.25, -0.2) is 21.6 Å². The van der Waals surface area contributed by atoms with Crippen LogP contribution in [0.15, 0.2) is 28.0 Å². The molecule has 0 unspecified atom stereocenters. The van der Waals surface area contributed by atoms with E-state index in [-0.39, 0.29) is 15.5 Å². The van der Waals surface area contributed by atoms with Crippen LogP contribution in [0, 0.1) is 5.92 Å². The standard InChI is InChI=1S/C13H22N2O4S2/c1-10(2)5-4-8-15-21(18,19)13-9-11(20(3,16)17)6-7-12(13)14/h6-7,9-10,15H,4-5,8,14H2,1-3H3. The molecule has 0 fully saturated rings. The van der Waals surface area contributed by atoms with Gasteiger partial charge in [0.25, 0.3) is 0 Å². The van der Waals surface area contributed by atoms with Crippen LogP contribution in [0.5, 0.6) is 0 Å². The first-order chi connectivity index (χ1) is 9.54. The van der Waals surface area contributed by atoms with Gasteiger partial charge in [-0.15, -0.1) is 0 Å². The molecule has 1 aromatic carbocycles. The van der Waals surface area contributed by atoms with E-state index in [4.69, 9.17) is 5.73 Å². The minimum Gasteiger partial charge on any atom is -0.398 e. The van der Waals surface area contributed by atoms with Crippen molar-refractivity contribution in [2.75, 3.05) is 18.5 Å². The Bertz CT molecular complexity index is 695. The van der Waals surface area contributed by atoms with Crippen molar-refractivity contribution >= 4 is 25.5 Å². The fourth-order valence-electron chi connectivity index (χ4n) is 1.77. The number of nitrogen functional groups attached to an aromatic ring is 1. The summed E-state index contributed by atoms with van der Waals surface area (Å²) < 4.78 is 49.8. The lowest BCUT2D eigenvalue weighted by Gasteiger charge is -2.11. The van der Waals surface area contributed by atoms with E-state index in [1.807, 2.05) is 0 Å². The van der Waals surface area contributed by atoms with E-state index in [1.54, 1.807) is 0 Å². The van der Waals surface area contributed by atoms with Gasteiger partial charge >= 0.3 is 0 Å². The van der Waals surface area contributed by atoms with Gasteiger partial charge in [-0.05, 0) is 37.0 Å². The second-order valence-corrected chi connectivity index (χ2v) is 9.16. The monoisotopic (exact) mass is 334 g/mol. The topological polar surface area (TPSA) is 106 Å². The third-order valence-electron chi connectivity index (χ3n) is 2.95. The first-order valence-corrected chi connectivity index (χ1v) is 10.0. The average molecular weight is 334 g/mol. The van der Waals surface area contributed by atoms with Crippen LogP contribution in [0.3, 0.4) is 0 Å². The van der Waals surface area contributed by atoms with Crippen LogP contribution in [0.1, 0.15) is 26.7 Å². The van der Waals surface area contributed by atoms with Crippen LogP contribution in [0.2, 0.25) is 0 Å². The normalized spacial score (nSPS) is 12.8. The summed E-state index contributed by atoms with van der Waals surface area (Å²) in [5, 5.41) is 0. The molecule has 21 heavy (non-hydrogen) atoms. The van der Waals surface area contributed by atoms with E-state index in [0.29, 0.717) is 18.9 Å². The highest BCUT2D eigenvalue weighted by Gasteiger charge is 2.20. The maximum Gasteiger partial charge on any atom is 0.242 e. The highest BCUT2D eigenvalue weighted by molar-refractivity contribution is 7.91. The molecule has 8 heteroatoms. The van der Waals surface area contributed by atoms with E-state index in [0.717, 1.165) is 18.7 Å². The number of benzene rings is 1. The number of nitrogens with one attached hydrogen (secondary N) is 1. The van der Waals surface area contributed by atoms with E-state index >= 15 is 0 Å². The van der Waals surface area contributed by atoms with Gasteiger partial charge < -0.3 is 5.73 Å². The molecule has 0 saturated heterocycles. The zero-order chi connectivity index (χ0) is 16.3. The highest BCUT2D eigenvalue weighted by atomic mass is 32.2. The van der Waals surface area contributed by atoms with Gasteiger partial charge in [-0.1, -0.05) is 13.8 Å². The number of hydrogen-bond acceptors (Lipinski definition) is 5. The predicted molar refractivity (Wildman–Crippen MR) is 83.2 cm³/mol. The number of anilines is 1. The number of sulfonamides is 1. The largest absolute Gasteiger partial charge is 0.398 e. The summed E-state index contributed by atoms with van der Waals surface area (Å²) in [6.07, 6.45) is 2.63. The second-order valence-electron chi connectivity index (χ2n) is 5.41. The van der Waals surface area contributed by atoms with E-state index < -0.39 is 19.9 Å². The molecular formula is C13H22N2O4S2. The summed E-state index contributed by atoms with van der Waals surface area (Å²) in [6.45, 7) is 4.41. The summed E-state index contributed by atoms with van der Waals surface area (Å²) in [7, 11) is -7.30. The first kappa shape index (κ1) is 17.9. The number of rotatable bonds is 7. The van der Waals surface area contributed by atoms with Crippen molar-refractivity contribution in [2.45, 2.75) is 36.5 Å². The molecule has 0 aliphatic heterocycles. The summed E-state index contributed by atoms with van der Waals surface area (Å²) >= 11 is 0. The van der Waals surface area contributed by atoms with Crippen molar-refractivity contribution in [3.05, 3.63) is 18.2 Å². The fraction of sp³-hybridized carbons (Fsp3) is 0.538. The van der Waals surface area contributed by atoms with E-state index in [1.165, 1.54) is 12.1 Å². The Morgan fingerprint density at radius 3 is 2.33 bits per heavy atom. The molecule has 3 N–H and O–H groups in total. The minimum absolute atomic E-state index is 0.0266. The Hall–Kier alpha value is -1.12. The molecule has 0 aliphatic rings. The summed E-state index contributed by atoms with van der Waals surface area (Å²) in [5.74, 6) is 0.494. The smallest absolute Gasteiger partial charge is 0.242 e. The zero-order valence-corrected chi connectivity index (χ0v) is 14.1. The molecule has 0 saturated carbocycles. The Kier molecular flexibility index (Phi) is 5.77. The average Bonchev–Trinajstić information content (AvgIpc) is 2.33. The Morgan fingerprint density at radius 1 is 1.19 bits per heavy atom. The van der Waals surface area contributed by atoms with Crippen LogP contribution >= 0.6 is 0 Å². The Morgan fingerprint density at radius 2 is 1.81 bits per heavy atom. The quantitative estimate of drug-likeness (QED) is 0.579. The second kappa shape index (κ2) is 6.76. The van der Waals surface area contributed by atoms with Crippen molar-refractivity contribution in [2.24, 2.45) is 5.92 Å². The minimum atomic E-state index is -3.81. The van der Waals surface area contributed by atoms with Crippen molar-refractivity contribution in [3.8, 4) is 0 Å². The van der Waals surface area contributed by atoms with Crippen LogP contribution in [-0.4, -0.2) is 29.6 Å². The van der Waals surface area contributed by atoms with E-state index in [9.17, 15) is 16.8 Å². The molecule has 6 nitrogen and oxygen atoms in total. The summed E-state index contributed by atoms with van der Waals surface area (Å²) in [4.78, 5) is -0.269. The molecule has 1 aromatic rings. The SMILES string of the molecule is CC(C)CCCNS(=O)(=O)c1cc(S(C)(=O)=O)ccc1N. The molecule has 0 spiro atoms. The van der Waals surface area contributed by atoms with Gasteiger partial charge in [0, 0.05) is 12.8 Å².